The molecule has 3 rings (SSSR count). The van der Waals surface area contributed by atoms with E-state index in [9.17, 15) is 9.59 Å². The van der Waals surface area contributed by atoms with Crippen LogP contribution in [-0.4, -0.2) is 16.8 Å². The van der Waals surface area contributed by atoms with E-state index in [-0.39, 0.29) is 12.5 Å². The van der Waals surface area contributed by atoms with Crippen molar-refractivity contribution in [2.75, 3.05) is 5.32 Å². The lowest BCUT2D eigenvalue weighted by Crippen LogP contribution is -2.18. The van der Waals surface area contributed by atoms with Crippen LogP contribution < -0.4 is 5.32 Å². The molecule has 0 saturated carbocycles. The number of para-hydroxylation sites is 1. The molecule has 3 aromatic rings. The average Bonchev–Trinajstić information content (AvgIpc) is 2.89. The first-order valence-electron chi connectivity index (χ1n) is 7.17. The number of anilines is 1. The molecule has 0 aliphatic heterocycles. The predicted molar refractivity (Wildman–Crippen MR) is 92.1 cm³/mol. The number of nitrogens with zero attached hydrogens (tertiary/aromatic N) is 1. The maximum atomic E-state index is 12.3. The van der Waals surface area contributed by atoms with Crippen LogP contribution in [0.2, 0.25) is 5.02 Å². The normalized spacial score (nSPS) is 10.7. The van der Waals surface area contributed by atoms with Gasteiger partial charge in [-0.25, -0.2) is 0 Å². The number of benzene rings is 2. The Labute approximate surface area is 138 Å². The molecule has 1 aromatic heterocycles. The van der Waals surface area contributed by atoms with Crippen LogP contribution in [0, 0.1) is 6.92 Å². The molecule has 5 heteroatoms. The Morgan fingerprint density at radius 2 is 2.04 bits per heavy atom. The largest absolute Gasteiger partial charge is 0.337 e. The zero-order valence-electron chi connectivity index (χ0n) is 12.5. The summed E-state index contributed by atoms with van der Waals surface area (Å²) in [7, 11) is 0. The molecule has 1 heterocycles. The summed E-state index contributed by atoms with van der Waals surface area (Å²) in [6.45, 7) is 2.03. The summed E-state index contributed by atoms with van der Waals surface area (Å²) in [5.41, 5.74) is 3.06. The van der Waals surface area contributed by atoms with Crippen LogP contribution in [0.25, 0.3) is 10.9 Å². The van der Waals surface area contributed by atoms with E-state index in [2.05, 4.69) is 5.32 Å². The van der Waals surface area contributed by atoms with E-state index in [4.69, 9.17) is 11.6 Å². The number of aldehydes is 1. The standard InChI is InChI=1S/C18H15ClN2O2/c1-12-6-7-14(19)8-16(12)20-18(23)10-21-9-13(11-22)15-4-2-3-5-17(15)21/h2-9,11H,10H2,1H3,(H,20,23). The van der Waals surface area contributed by atoms with E-state index in [1.165, 1.54) is 0 Å². The third kappa shape index (κ3) is 3.12. The molecular formula is C18H15ClN2O2. The second kappa shape index (κ2) is 6.26. The monoisotopic (exact) mass is 326 g/mol. The SMILES string of the molecule is Cc1ccc(Cl)cc1NC(=O)Cn1cc(C=O)c2ccccc21. The lowest BCUT2D eigenvalue weighted by atomic mass is 10.2. The van der Waals surface area contributed by atoms with Gasteiger partial charge >= 0.3 is 0 Å². The Morgan fingerprint density at radius 1 is 1.26 bits per heavy atom. The smallest absolute Gasteiger partial charge is 0.244 e. The first kappa shape index (κ1) is 15.3. The maximum absolute atomic E-state index is 12.3. The van der Waals surface area contributed by atoms with Crippen LogP contribution in [0.15, 0.2) is 48.7 Å². The number of carbonyl (C=O) groups is 2. The zero-order chi connectivity index (χ0) is 16.4. The van der Waals surface area contributed by atoms with E-state index < -0.39 is 0 Å². The van der Waals surface area contributed by atoms with Gasteiger partial charge in [0, 0.05) is 33.4 Å². The molecule has 0 saturated heterocycles. The summed E-state index contributed by atoms with van der Waals surface area (Å²) in [6.07, 6.45) is 2.50. The lowest BCUT2D eigenvalue weighted by molar-refractivity contribution is -0.116. The molecule has 0 spiro atoms. The summed E-state index contributed by atoms with van der Waals surface area (Å²) >= 11 is 5.97. The highest BCUT2D eigenvalue weighted by atomic mass is 35.5. The number of amides is 1. The van der Waals surface area contributed by atoms with Gasteiger partial charge < -0.3 is 9.88 Å². The maximum Gasteiger partial charge on any atom is 0.244 e. The number of nitrogens with one attached hydrogen (secondary N) is 1. The average molecular weight is 327 g/mol. The number of fused-ring (bicyclic) bond motifs is 1. The second-order valence-corrected chi connectivity index (χ2v) is 5.79. The summed E-state index contributed by atoms with van der Waals surface area (Å²) in [6, 6.07) is 12.9. The summed E-state index contributed by atoms with van der Waals surface area (Å²) in [4.78, 5) is 23.5. The van der Waals surface area contributed by atoms with E-state index >= 15 is 0 Å². The predicted octanol–water partition coefficient (Wildman–Crippen LogP) is 4.05. The van der Waals surface area contributed by atoms with Crippen LogP contribution >= 0.6 is 11.6 Å². The van der Waals surface area contributed by atoms with Gasteiger partial charge in [0.2, 0.25) is 5.91 Å². The molecule has 1 N–H and O–H groups in total. The summed E-state index contributed by atoms with van der Waals surface area (Å²) in [5.74, 6) is -0.173. The third-order valence-electron chi connectivity index (χ3n) is 3.73. The molecular weight excluding hydrogens is 312 g/mol. The fourth-order valence-corrected chi connectivity index (χ4v) is 2.75. The van der Waals surface area contributed by atoms with Crippen molar-refractivity contribution in [3.63, 3.8) is 0 Å². The molecule has 4 nitrogen and oxygen atoms in total. The molecule has 23 heavy (non-hydrogen) atoms. The van der Waals surface area contributed by atoms with Crippen LogP contribution in [0.5, 0.6) is 0 Å². The summed E-state index contributed by atoms with van der Waals surface area (Å²) < 4.78 is 1.77. The third-order valence-corrected chi connectivity index (χ3v) is 3.97. The van der Waals surface area contributed by atoms with Crippen molar-refractivity contribution < 1.29 is 9.59 Å². The van der Waals surface area contributed by atoms with Gasteiger partial charge in [-0.3, -0.25) is 9.59 Å². The molecule has 2 aromatic carbocycles. The molecule has 116 valence electrons. The van der Waals surface area contributed by atoms with Gasteiger partial charge in [0.15, 0.2) is 6.29 Å². The van der Waals surface area contributed by atoms with Crippen molar-refractivity contribution >= 4 is 40.4 Å². The van der Waals surface area contributed by atoms with Gasteiger partial charge in [0.1, 0.15) is 6.54 Å². The topological polar surface area (TPSA) is 51.1 Å². The molecule has 0 bridgehead atoms. The van der Waals surface area contributed by atoms with Gasteiger partial charge in [0.05, 0.1) is 0 Å². The van der Waals surface area contributed by atoms with Crippen molar-refractivity contribution in [2.45, 2.75) is 13.5 Å². The van der Waals surface area contributed by atoms with Crippen LogP contribution in [0.4, 0.5) is 5.69 Å². The summed E-state index contributed by atoms with van der Waals surface area (Å²) in [5, 5.41) is 4.27. The number of aryl methyl sites for hydroxylation is 1. The number of hydrogen-bond acceptors (Lipinski definition) is 2. The Balaban J connectivity index is 1.86. The number of carbonyl (C=O) groups excluding carboxylic acids is 2. The number of aromatic nitrogens is 1. The lowest BCUT2D eigenvalue weighted by Gasteiger charge is -2.10. The minimum Gasteiger partial charge on any atom is -0.337 e. The Hall–Kier alpha value is -2.59. The number of halogens is 1. The Bertz CT molecular complexity index is 899. The fourth-order valence-electron chi connectivity index (χ4n) is 2.57. The van der Waals surface area contributed by atoms with E-state index in [0.29, 0.717) is 16.3 Å². The van der Waals surface area contributed by atoms with Crippen LogP contribution in [0.1, 0.15) is 15.9 Å². The van der Waals surface area contributed by atoms with Crippen molar-refractivity contribution in [1.82, 2.24) is 4.57 Å². The molecule has 0 fully saturated rings. The number of rotatable bonds is 4. The Morgan fingerprint density at radius 3 is 2.83 bits per heavy atom. The van der Waals surface area contributed by atoms with Crippen molar-refractivity contribution in [2.24, 2.45) is 0 Å². The molecule has 0 atom stereocenters. The number of hydrogen-bond donors (Lipinski definition) is 1. The highest BCUT2D eigenvalue weighted by Crippen LogP contribution is 2.22. The molecule has 0 unspecified atom stereocenters. The van der Waals surface area contributed by atoms with E-state index in [1.807, 2.05) is 37.3 Å². The van der Waals surface area contributed by atoms with E-state index in [1.54, 1.807) is 22.9 Å². The zero-order valence-corrected chi connectivity index (χ0v) is 13.3. The molecule has 1 amide bonds. The first-order chi connectivity index (χ1) is 11.1. The van der Waals surface area contributed by atoms with Crippen molar-refractivity contribution in [1.29, 1.82) is 0 Å². The minimum atomic E-state index is -0.173. The highest BCUT2D eigenvalue weighted by Gasteiger charge is 2.11. The van der Waals surface area contributed by atoms with Crippen LogP contribution in [0.3, 0.4) is 0 Å². The first-order valence-corrected chi connectivity index (χ1v) is 7.55. The molecule has 0 aliphatic rings. The van der Waals surface area contributed by atoms with Gasteiger partial charge in [-0.15, -0.1) is 0 Å². The van der Waals surface area contributed by atoms with Gasteiger partial charge in [-0.1, -0.05) is 35.9 Å². The van der Waals surface area contributed by atoms with Crippen LogP contribution in [-0.2, 0) is 11.3 Å². The fraction of sp³-hybridized carbons (Fsp3) is 0.111. The van der Waals surface area contributed by atoms with Crippen molar-refractivity contribution in [3.8, 4) is 0 Å². The highest BCUT2D eigenvalue weighted by molar-refractivity contribution is 6.31. The van der Waals surface area contributed by atoms with Crippen molar-refractivity contribution in [3.05, 3.63) is 64.8 Å². The van der Waals surface area contributed by atoms with Gasteiger partial charge in [-0.05, 0) is 30.7 Å². The van der Waals surface area contributed by atoms with Gasteiger partial charge in [-0.2, -0.15) is 0 Å². The van der Waals surface area contributed by atoms with E-state index in [0.717, 1.165) is 22.8 Å². The molecule has 0 aliphatic carbocycles. The Kier molecular flexibility index (Phi) is 4.17. The minimum absolute atomic E-state index is 0.125. The second-order valence-electron chi connectivity index (χ2n) is 5.35. The van der Waals surface area contributed by atoms with Gasteiger partial charge in [0.25, 0.3) is 0 Å². The quantitative estimate of drug-likeness (QED) is 0.735. The molecule has 0 radical (unpaired) electrons.